The molecule has 0 saturated carbocycles. The van der Waals surface area contributed by atoms with Gasteiger partial charge in [0, 0.05) is 11.4 Å². The van der Waals surface area contributed by atoms with Gasteiger partial charge >= 0.3 is 0 Å². The summed E-state index contributed by atoms with van der Waals surface area (Å²) in [6.45, 7) is 1.97. The van der Waals surface area contributed by atoms with Gasteiger partial charge < -0.3 is 0 Å². The largest absolute Gasteiger partial charge is 0.206 e. The lowest BCUT2D eigenvalue weighted by molar-refractivity contribution is 0.630. The van der Waals surface area contributed by atoms with E-state index in [9.17, 15) is 4.39 Å². The van der Waals surface area contributed by atoms with Crippen LogP contribution >= 0.6 is 11.6 Å². The fourth-order valence-corrected chi connectivity index (χ4v) is 1.90. The molecular weight excluding hydrogens is 223 g/mol. The summed E-state index contributed by atoms with van der Waals surface area (Å²) in [5.74, 6) is 0.197. The average Bonchev–Trinajstić information content (AvgIpc) is 2.31. The second-order valence-corrected chi connectivity index (χ2v) is 4.03. The topological polar surface area (TPSA) is 0 Å². The van der Waals surface area contributed by atoms with Crippen molar-refractivity contribution < 1.29 is 4.39 Å². The first-order valence-electron chi connectivity index (χ1n) is 5.13. The van der Waals surface area contributed by atoms with E-state index in [4.69, 9.17) is 11.6 Å². The van der Waals surface area contributed by atoms with Crippen molar-refractivity contribution in [1.29, 1.82) is 0 Å². The Balaban J connectivity index is 2.59. The molecule has 2 aromatic carbocycles. The van der Waals surface area contributed by atoms with Crippen molar-refractivity contribution >= 4 is 11.6 Å². The molecule has 0 aromatic heterocycles. The number of halogens is 2. The Labute approximate surface area is 99.7 Å². The Morgan fingerprint density at radius 1 is 1.06 bits per heavy atom. The van der Waals surface area contributed by atoms with Crippen LogP contribution < -0.4 is 0 Å². The van der Waals surface area contributed by atoms with E-state index in [1.54, 1.807) is 6.07 Å². The van der Waals surface area contributed by atoms with Crippen LogP contribution in [0.1, 0.15) is 11.1 Å². The number of rotatable bonds is 2. The van der Waals surface area contributed by atoms with Crippen LogP contribution in [-0.4, -0.2) is 0 Å². The van der Waals surface area contributed by atoms with Crippen LogP contribution in [0.3, 0.4) is 0 Å². The quantitative estimate of drug-likeness (QED) is 0.670. The zero-order chi connectivity index (χ0) is 11.5. The highest BCUT2D eigenvalue weighted by Gasteiger charge is 2.07. The van der Waals surface area contributed by atoms with E-state index < -0.39 is 0 Å². The molecule has 0 saturated heterocycles. The third kappa shape index (κ3) is 2.10. The molecule has 0 N–H and O–H groups in total. The van der Waals surface area contributed by atoms with Crippen molar-refractivity contribution in [1.82, 2.24) is 0 Å². The SMILES string of the molecule is Cc1ccccc1-c1cc(CCl)ccc1F. The van der Waals surface area contributed by atoms with Gasteiger partial charge in [0.1, 0.15) is 5.82 Å². The molecule has 82 valence electrons. The number of benzene rings is 2. The van der Waals surface area contributed by atoms with E-state index >= 15 is 0 Å². The molecule has 2 heteroatoms. The maximum absolute atomic E-state index is 13.7. The molecule has 0 aliphatic carbocycles. The van der Waals surface area contributed by atoms with Crippen molar-refractivity contribution in [3.8, 4) is 11.1 Å². The summed E-state index contributed by atoms with van der Waals surface area (Å²) in [6.07, 6.45) is 0. The van der Waals surface area contributed by atoms with Crippen LogP contribution in [0.5, 0.6) is 0 Å². The lowest BCUT2D eigenvalue weighted by Crippen LogP contribution is -1.89. The first-order valence-corrected chi connectivity index (χ1v) is 5.66. The van der Waals surface area contributed by atoms with Crippen molar-refractivity contribution in [3.63, 3.8) is 0 Å². The fraction of sp³-hybridized carbons (Fsp3) is 0.143. The van der Waals surface area contributed by atoms with Gasteiger partial charge in [0.25, 0.3) is 0 Å². The smallest absolute Gasteiger partial charge is 0.131 e. The molecule has 0 unspecified atom stereocenters. The highest BCUT2D eigenvalue weighted by molar-refractivity contribution is 6.17. The second kappa shape index (κ2) is 4.67. The van der Waals surface area contributed by atoms with E-state index in [0.29, 0.717) is 11.4 Å². The van der Waals surface area contributed by atoms with Crippen molar-refractivity contribution in [2.45, 2.75) is 12.8 Å². The minimum Gasteiger partial charge on any atom is -0.206 e. The Kier molecular flexibility index (Phi) is 3.25. The Hall–Kier alpha value is -1.34. The fourth-order valence-electron chi connectivity index (χ4n) is 1.74. The van der Waals surface area contributed by atoms with Crippen LogP contribution in [0.4, 0.5) is 4.39 Å². The predicted molar refractivity (Wildman–Crippen MR) is 66.1 cm³/mol. The molecule has 0 atom stereocenters. The van der Waals surface area contributed by atoms with Gasteiger partial charge in [0.2, 0.25) is 0 Å². The maximum atomic E-state index is 13.7. The number of hydrogen-bond donors (Lipinski definition) is 0. The molecule has 0 amide bonds. The van der Waals surface area contributed by atoms with Gasteiger partial charge in [-0.25, -0.2) is 4.39 Å². The van der Waals surface area contributed by atoms with E-state index in [1.165, 1.54) is 6.07 Å². The van der Waals surface area contributed by atoms with Gasteiger partial charge in [-0.15, -0.1) is 11.6 Å². The Bertz CT molecular complexity index is 506. The summed E-state index contributed by atoms with van der Waals surface area (Å²) in [5.41, 5.74) is 3.54. The standard InChI is InChI=1S/C14H12ClF/c1-10-4-2-3-5-12(10)13-8-11(9-15)6-7-14(13)16/h2-8H,9H2,1H3. The van der Waals surface area contributed by atoms with Gasteiger partial charge in [-0.3, -0.25) is 0 Å². The van der Waals surface area contributed by atoms with Gasteiger partial charge in [-0.05, 0) is 35.7 Å². The lowest BCUT2D eigenvalue weighted by Gasteiger charge is -2.08. The Morgan fingerprint density at radius 3 is 2.50 bits per heavy atom. The summed E-state index contributed by atoms with van der Waals surface area (Å²) < 4.78 is 13.7. The molecule has 2 aromatic rings. The van der Waals surface area contributed by atoms with Crippen LogP contribution in [0, 0.1) is 12.7 Å². The van der Waals surface area contributed by atoms with E-state index in [-0.39, 0.29) is 5.82 Å². The van der Waals surface area contributed by atoms with Crippen LogP contribution in [0.25, 0.3) is 11.1 Å². The first-order chi connectivity index (χ1) is 7.72. The van der Waals surface area contributed by atoms with Crippen molar-refractivity contribution in [3.05, 3.63) is 59.4 Å². The molecule has 0 radical (unpaired) electrons. The monoisotopic (exact) mass is 234 g/mol. The average molecular weight is 235 g/mol. The van der Waals surface area contributed by atoms with Gasteiger partial charge in [0.05, 0.1) is 0 Å². The third-order valence-electron chi connectivity index (χ3n) is 2.62. The first kappa shape index (κ1) is 11.2. The normalized spacial score (nSPS) is 10.4. The van der Waals surface area contributed by atoms with Crippen molar-refractivity contribution in [2.75, 3.05) is 0 Å². The highest BCUT2D eigenvalue weighted by Crippen LogP contribution is 2.27. The predicted octanol–water partition coefficient (Wildman–Crippen LogP) is 4.54. The van der Waals surface area contributed by atoms with E-state index in [0.717, 1.165) is 16.7 Å². The molecule has 0 aliphatic rings. The molecule has 0 fully saturated rings. The molecule has 0 heterocycles. The lowest BCUT2D eigenvalue weighted by atomic mass is 9.99. The highest BCUT2D eigenvalue weighted by atomic mass is 35.5. The number of hydrogen-bond acceptors (Lipinski definition) is 0. The summed E-state index contributed by atoms with van der Waals surface area (Å²) in [4.78, 5) is 0. The maximum Gasteiger partial charge on any atom is 0.131 e. The van der Waals surface area contributed by atoms with Crippen LogP contribution in [-0.2, 0) is 5.88 Å². The minimum atomic E-state index is -0.205. The zero-order valence-electron chi connectivity index (χ0n) is 9.00. The third-order valence-corrected chi connectivity index (χ3v) is 2.93. The van der Waals surface area contributed by atoms with Crippen molar-refractivity contribution in [2.24, 2.45) is 0 Å². The van der Waals surface area contributed by atoms with Crippen LogP contribution in [0.15, 0.2) is 42.5 Å². The summed E-state index contributed by atoms with van der Waals surface area (Å²) in [6, 6.07) is 12.7. The molecular formula is C14H12ClF. The van der Waals surface area contributed by atoms with Crippen LogP contribution in [0.2, 0.25) is 0 Å². The number of aryl methyl sites for hydroxylation is 1. The second-order valence-electron chi connectivity index (χ2n) is 3.76. The summed E-state index contributed by atoms with van der Waals surface area (Å²) in [7, 11) is 0. The zero-order valence-corrected chi connectivity index (χ0v) is 9.76. The van der Waals surface area contributed by atoms with E-state index in [2.05, 4.69) is 0 Å². The molecule has 0 bridgehead atoms. The number of alkyl halides is 1. The van der Waals surface area contributed by atoms with Gasteiger partial charge in [-0.2, -0.15) is 0 Å². The molecule has 0 nitrogen and oxygen atoms in total. The minimum absolute atomic E-state index is 0.205. The van der Waals surface area contributed by atoms with Gasteiger partial charge in [-0.1, -0.05) is 30.3 Å². The molecule has 0 aliphatic heterocycles. The van der Waals surface area contributed by atoms with Gasteiger partial charge in [0.15, 0.2) is 0 Å². The molecule has 16 heavy (non-hydrogen) atoms. The summed E-state index contributed by atoms with van der Waals surface area (Å²) >= 11 is 5.76. The van der Waals surface area contributed by atoms with E-state index in [1.807, 2.05) is 37.3 Å². The summed E-state index contributed by atoms with van der Waals surface area (Å²) in [5, 5.41) is 0. The molecule has 2 rings (SSSR count). The molecule has 0 spiro atoms. The Morgan fingerprint density at radius 2 is 1.81 bits per heavy atom.